The highest BCUT2D eigenvalue weighted by Crippen LogP contribution is 2.34. The van der Waals surface area contributed by atoms with Crippen molar-refractivity contribution in [2.75, 3.05) is 27.3 Å². The van der Waals surface area contributed by atoms with Crippen LogP contribution >= 0.6 is 0 Å². The van der Waals surface area contributed by atoms with Crippen molar-refractivity contribution in [1.29, 1.82) is 0 Å². The lowest BCUT2D eigenvalue weighted by Crippen LogP contribution is -2.47. The molecule has 2 aliphatic rings. The van der Waals surface area contributed by atoms with Gasteiger partial charge in [-0.15, -0.1) is 0 Å². The molecule has 0 radical (unpaired) electrons. The third-order valence-corrected chi connectivity index (χ3v) is 6.64. The summed E-state index contributed by atoms with van der Waals surface area (Å²) >= 11 is 0. The highest BCUT2D eigenvalue weighted by molar-refractivity contribution is 5.86. The predicted octanol–water partition coefficient (Wildman–Crippen LogP) is 3.97. The van der Waals surface area contributed by atoms with E-state index in [1.54, 1.807) is 19.1 Å². The van der Waals surface area contributed by atoms with Gasteiger partial charge in [0.15, 0.2) is 11.5 Å². The number of nitrogens with zero attached hydrogens (tertiary/aromatic N) is 2. The Morgan fingerprint density at radius 2 is 1.79 bits per heavy atom. The molecule has 1 aromatic carbocycles. The van der Waals surface area contributed by atoms with Crippen LogP contribution in [0.3, 0.4) is 0 Å². The van der Waals surface area contributed by atoms with Gasteiger partial charge in [0.05, 0.1) is 20.8 Å². The molecule has 0 unspecified atom stereocenters. The Bertz CT molecular complexity index is 977. The smallest absolute Gasteiger partial charge is 0.242 e. The second-order valence-electron chi connectivity index (χ2n) is 9.09. The highest BCUT2D eigenvalue weighted by atomic mass is 16.5. The van der Waals surface area contributed by atoms with Crippen LogP contribution in [0.5, 0.6) is 11.5 Å². The number of hydrogen-bond acceptors (Lipinski definition) is 5. The SMILES string of the molecule is COc1ccc(CCN(Cc2ccc(C)o2)C(=O)CN(C(=O)C2CCC2)C2CC2)cc1OC. The first kappa shape index (κ1) is 23.2. The molecular weight excluding hydrogens is 420 g/mol. The summed E-state index contributed by atoms with van der Waals surface area (Å²) in [5, 5.41) is 0. The highest BCUT2D eigenvalue weighted by Gasteiger charge is 2.39. The molecule has 178 valence electrons. The molecule has 0 bridgehead atoms. The third kappa shape index (κ3) is 5.70. The first-order valence-corrected chi connectivity index (χ1v) is 11.8. The second kappa shape index (κ2) is 10.3. The maximum atomic E-state index is 13.4. The molecule has 0 saturated heterocycles. The van der Waals surface area contributed by atoms with Gasteiger partial charge in [0.2, 0.25) is 11.8 Å². The van der Waals surface area contributed by atoms with E-state index in [-0.39, 0.29) is 30.3 Å². The standard InChI is InChI=1S/C26H34N2O5/c1-18-7-11-22(33-18)16-27(14-13-19-8-12-23(31-2)24(15-19)32-3)25(29)17-28(21-9-10-21)26(30)20-5-4-6-20/h7-8,11-12,15,20-21H,4-6,9-10,13-14,16-17H2,1-3H3. The van der Waals surface area contributed by atoms with E-state index in [4.69, 9.17) is 13.9 Å². The van der Waals surface area contributed by atoms with Crippen molar-refractivity contribution in [3.05, 3.63) is 47.4 Å². The van der Waals surface area contributed by atoms with Crippen LogP contribution in [0.4, 0.5) is 0 Å². The van der Waals surface area contributed by atoms with E-state index in [1.807, 2.05) is 42.2 Å². The van der Waals surface area contributed by atoms with Crippen LogP contribution in [0.2, 0.25) is 0 Å². The number of rotatable bonds is 11. The molecule has 2 saturated carbocycles. The van der Waals surface area contributed by atoms with Crippen LogP contribution in [-0.2, 0) is 22.6 Å². The molecule has 0 spiro atoms. The quantitative estimate of drug-likeness (QED) is 0.514. The van der Waals surface area contributed by atoms with Crippen LogP contribution in [0.25, 0.3) is 0 Å². The zero-order chi connectivity index (χ0) is 23.4. The molecule has 2 amide bonds. The molecule has 2 aromatic rings. The summed E-state index contributed by atoms with van der Waals surface area (Å²) < 4.78 is 16.5. The van der Waals surface area contributed by atoms with Gasteiger partial charge in [0.25, 0.3) is 0 Å². The molecule has 4 rings (SSSR count). The minimum atomic E-state index is -0.0379. The van der Waals surface area contributed by atoms with Gasteiger partial charge in [-0.1, -0.05) is 12.5 Å². The first-order valence-electron chi connectivity index (χ1n) is 11.8. The molecule has 7 nitrogen and oxygen atoms in total. The zero-order valence-electron chi connectivity index (χ0n) is 19.8. The predicted molar refractivity (Wildman–Crippen MR) is 124 cm³/mol. The first-order chi connectivity index (χ1) is 16.0. The molecule has 0 aliphatic heterocycles. The van der Waals surface area contributed by atoms with Crippen molar-refractivity contribution in [1.82, 2.24) is 9.80 Å². The van der Waals surface area contributed by atoms with E-state index < -0.39 is 0 Å². The fourth-order valence-corrected chi connectivity index (χ4v) is 4.26. The fraction of sp³-hybridized carbons (Fsp3) is 0.538. The molecule has 1 heterocycles. The van der Waals surface area contributed by atoms with Crippen molar-refractivity contribution >= 4 is 11.8 Å². The summed E-state index contributed by atoms with van der Waals surface area (Å²) in [6, 6.07) is 9.84. The fourth-order valence-electron chi connectivity index (χ4n) is 4.26. The minimum absolute atomic E-state index is 0.0379. The van der Waals surface area contributed by atoms with Gasteiger partial charge in [-0.3, -0.25) is 9.59 Å². The number of benzene rings is 1. The topological polar surface area (TPSA) is 72.2 Å². The van der Waals surface area contributed by atoms with Gasteiger partial charge in [-0.05, 0) is 68.9 Å². The number of methoxy groups -OCH3 is 2. The van der Waals surface area contributed by atoms with Crippen LogP contribution in [-0.4, -0.2) is 55.0 Å². The van der Waals surface area contributed by atoms with Crippen LogP contribution < -0.4 is 9.47 Å². The number of carbonyl (C=O) groups is 2. The Labute approximate surface area is 195 Å². The van der Waals surface area contributed by atoms with Gasteiger partial charge in [0.1, 0.15) is 18.1 Å². The summed E-state index contributed by atoms with van der Waals surface area (Å²) in [5.74, 6) is 3.13. The third-order valence-electron chi connectivity index (χ3n) is 6.64. The van der Waals surface area contributed by atoms with E-state index in [9.17, 15) is 9.59 Å². The molecular formula is C26H34N2O5. The number of ether oxygens (including phenoxy) is 2. The van der Waals surface area contributed by atoms with Gasteiger partial charge in [0, 0.05) is 18.5 Å². The number of amides is 2. The minimum Gasteiger partial charge on any atom is -0.493 e. The van der Waals surface area contributed by atoms with Crippen LogP contribution in [0.15, 0.2) is 34.7 Å². The molecule has 1 aromatic heterocycles. The average Bonchev–Trinajstić information content (AvgIpc) is 3.54. The lowest BCUT2D eigenvalue weighted by molar-refractivity contribution is -0.145. The summed E-state index contributed by atoms with van der Waals surface area (Å²) in [6.45, 7) is 2.94. The number of furan rings is 1. The summed E-state index contributed by atoms with van der Waals surface area (Å²) in [4.78, 5) is 30.0. The van der Waals surface area contributed by atoms with Gasteiger partial charge in [-0.2, -0.15) is 0 Å². The van der Waals surface area contributed by atoms with E-state index in [1.165, 1.54) is 0 Å². The second-order valence-corrected chi connectivity index (χ2v) is 9.09. The number of hydrogen-bond donors (Lipinski definition) is 0. The normalized spacial score (nSPS) is 15.6. The molecule has 33 heavy (non-hydrogen) atoms. The zero-order valence-corrected chi connectivity index (χ0v) is 19.8. The molecule has 2 aliphatic carbocycles. The molecule has 0 N–H and O–H groups in total. The summed E-state index contributed by atoms with van der Waals surface area (Å²) in [6.07, 6.45) is 5.66. The van der Waals surface area contributed by atoms with E-state index in [2.05, 4.69) is 0 Å². The number of carbonyl (C=O) groups excluding carboxylic acids is 2. The van der Waals surface area contributed by atoms with Gasteiger partial charge in [-0.25, -0.2) is 0 Å². The van der Waals surface area contributed by atoms with Crippen molar-refractivity contribution < 1.29 is 23.5 Å². The summed E-state index contributed by atoms with van der Waals surface area (Å²) in [7, 11) is 3.22. The van der Waals surface area contributed by atoms with Crippen molar-refractivity contribution in [3.63, 3.8) is 0 Å². The average molecular weight is 455 g/mol. The summed E-state index contributed by atoms with van der Waals surface area (Å²) in [5.41, 5.74) is 1.05. The maximum absolute atomic E-state index is 13.4. The van der Waals surface area contributed by atoms with Gasteiger partial charge >= 0.3 is 0 Å². The Hall–Kier alpha value is -2.96. The maximum Gasteiger partial charge on any atom is 0.242 e. The molecule has 7 heteroatoms. The van der Waals surface area contributed by atoms with E-state index in [0.717, 1.165) is 49.2 Å². The largest absolute Gasteiger partial charge is 0.493 e. The lowest BCUT2D eigenvalue weighted by atomic mass is 9.84. The Kier molecular flexibility index (Phi) is 7.26. The number of aryl methyl sites for hydroxylation is 1. The van der Waals surface area contributed by atoms with E-state index >= 15 is 0 Å². The Morgan fingerprint density at radius 3 is 2.36 bits per heavy atom. The van der Waals surface area contributed by atoms with Crippen LogP contribution in [0.1, 0.15) is 49.2 Å². The van der Waals surface area contributed by atoms with Crippen molar-refractivity contribution in [2.45, 2.75) is 58.0 Å². The Morgan fingerprint density at radius 1 is 1.03 bits per heavy atom. The molecule has 0 atom stereocenters. The van der Waals surface area contributed by atoms with Crippen LogP contribution in [0, 0.1) is 12.8 Å². The van der Waals surface area contributed by atoms with E-state index in [0.29, 0.717) is 31.0 Å². The Balaban J connectivity index is 1.46. The van der Waals surface area contributed by atoms with Gasteiger partial charge < -0.3 is 23.7 Å². The molecule has 2 fully saturated rings. The van der Waals surface area contributed by atoms with Crippen molar-refractivity contribution in [2.24, 2.45) is 5.92 Å². The lowest BCUT2D eigenvalue weighted by Gasteiger charge is -2.33. The van der Waals surface area contributed by atoms with Crippen molar-refractivity contribution in [3.8, 4) is 11.5 Å². The monoisotopic (exact) mass is 454 g/mol.